The minimum atomic E-state index is -0.140. The van der Waals surface area contributed by atoms with Gasteiger partial charge in [0.15, 0.2) is 0 Å². The Bertz CT molecular complexity index is 536. The summed E-state index contributed by atoms with van der Waals surface area (Å²) in [4.78, 5) is 2.57. The molecule has 2 aliphatic rings. The summed E-state index contributed by atoms with van der Waals surface area (Å²) in [5, 5.41) is 3.79. The first-order chi connectivity index (χ1) is 9.80. The molecule has 3 heteroatoms. The molecule has 0 aromatic heterocycles. The van der Waals surface area contributed by atoms with E-state index in [4.69, 9.17) is 0 Å². The van der Waals surface area contributed by atoms with Crippen molar-refractivity contribution in [3.8, 4) is 0 Å². The molecule has 1 aliphatic heterocycles. The van der Waals surface area contributed by atoms with Crippen molar-refractivity contribution in [2.75, 3.05) is 13.1 Å². The van der Waals surface area contributed by atoms with Gasteiger partial charge in [0.05, 0.1) is 0 Å². The van der Waals surface area contributed by atoms with Gasteiger partial charge in [0.1, 0.15) is 5.82 Å². The highest BCUT2D eigenvalue weighted by Crippen LogP contribution is 2.42. The lowest BCUT2D eigenvalue weighted by Crippen LogP contribution is -2.67. The fraction of sp³-hybridized carbons (Fsp3) is 0.667. The molecule has 1 N–H and O–H groups in total. The Morgan fingerprint density at radius 2 is 2.00 bits per heavy atom. The molecule has 2 fully saturated rings. The van der Waals surface area contributed by atoms with Crippen molar-refractivity contribution in [3.05, 3.63) is 35.1 Å². The zero-order chi connectivity index (χ0) is 15.3. The first-order valence-electron chi connectivity index (χ1n) is 8.05. The van der Waals surface area contributed by atoms with Gasteiger partial charge in [-0.1, -0.05) is 6.07 Å². The van der Waals surface area contributed by atoms with Crippen LogP contribution in [0.5, 0.6) is 0 Å². The molecule has 1 saturated carbocycles. The molecule has 0 amide bonds. The number of piperazine rings is 1. The molecule has 0 radical (unpaired) electrons. The fourth-order valence-electron chi connectivity index (χ4n) is 3.50. The van der Waals surface area contributed by atoms with Gasteiger partial charge in [-0.3, -0.25) is 4.90 Å². The number of nitrogens with zero attached hydrogens (tertiary/aromatic N) is 1. The molecule has 1 heterocycles. The summed E-state index contributed by atoms with van der Waals surface area (Å²) in [6, 6.07) is 5.17. The first-order valence-corrected chi connectivity index (χ1v) is 8.05. The van der Waals surface area contributed by atoms with Crippen LogP contribution < -0.4 is 5.32 Å². The minimum Gasteiger partial charge on any atom is -0.308 e. The molecule has 1 aliphatic carbocycles. The zero-order valence-corrected chi connectivity index (χ0v) is 13.7. The van der Waals surface area contributed by atoms with Crippen LogP contribution in [0.15, 0.2) is 18.2 Å². The van der Waals surface area contributed by atoms with Crippen molar-refractivity contribution in [1.29, 1.82) is 0 Å². The van der Waals surface area contributed by atoms with E-state index in [0.717, 1.165) is 31.1 Å². The van der Waals surface area contributed by atoms with E-state index in [1.165, 1.54) is 18.4 Å². The van der Waals surface area contributed by atoms with Crippen LogP contribution in [0.3, 0.4) is 0 Å². The van der Waals surface area contributed by atoms with Gasteiger partial charge in [-0.15, -0.1) is 0 Å². The Morgan fingerprint density at radius 1 is 1.29 bits per heavy atom. The molecule has 1 atom stereocenters. The molecule has 1 saturated heterocycles. The highest BCUT2D eigenvalue weighted by atomic mass is 19.1. The molecule has 3 rings (SSSR count). The summed E-state index contributed by atoms with van der Waals surface area (Å²) < 4.78 is 13.3. The second kappa shape index (κ2) is 5.06. The van der Waals surface area contributed by atoms with Crippen molar-refractivity contribution in [2.24, 2.45) is 5.92 Å². The summed E-state index contributed by atoms with van der Waals surface area (Å²) >= 11 is 0. The maximum atomic E-state index is 13.3. The number of rotatable bonds is 3. The lowest BCUT2D eigenvalue weighted by Gasteiger charge is -2.51. The number of hydrogen-bond acceptors (Lipinski definition) is 2. The van der Waals surface area contributed by atoms with Gasteiger partial charge in [-0.2, -0.15) is 0 Å². The molecule has 2 nitrogen and oxygen atoms in total. The van der Waals surface area contributed by atoms with Crippen LogP contribution in [0.4, 0.5) is 4.39 Å². The maximum absolute atomic E-state index is 13.3. The lowest BCUT2D eigenvalue weighted by molar-refractivity contribution is 0.0177. The lowest BCUT2D eigenvalue weighted by atomic mass is 9.86. The quantitative estimate of drug-likeness (QED) is 0.917. The van der Waals surface area contributed by atoms with E-state index in [1.54, 1.807) is 12.1 Å². The minimum absolute atomic E-state index is 0.134. The van der Waals surface area contributed by atoms with E-state index in [0.29, 0.717) is 0 Å². The summed E-state index contributed by atoms with van der Waals surface area (Å²) in [5.41, 5.74) is 2.67. The number of benzene rings is 1. The van der Waals surface area contributed by atoms with Crippen molar-refractivity contribution in [1.82, 2.24) is 10.2 Å². The predicted octanol–water partition coefficient (Wildman–Crippen LogP) is 3.49. The average molecular weight is 290 g/mol. The summed E-state index contributed by atoms with van der Waals surface area (Å²) in [6.45, 7) is 12.0. The van der Waals surface area contributed by atoms with E-state index in [9.17, 15) is 4.39 Å². The zero-order valence-electron chi connectivity index (χ0n) is 13.7. The highest BCUT2D eigenvalue weighted by molar-refractivity contribution is 5.27. The van der Waals surface area contributed by atoms with Crippen LogP contribution >= 0.6 is 0 Å². The van der Waals surface area contributed by atoms with E-state index in [-0.39, 0.29) is 16.9 Å². The van der Waals surface area contributed by atoms with E-state index in [1.807, 2.05) is 13.0 Å². The van der Waals surface area contributed by atoms with Crippen LogP contribution in [0.2, 0.25) is 0 Å². The third-order valence-electron chi connectivity index (χ3n) is 5.44. The number of hydrogen-bond donors (Lipinski definition) is 1. The summed E-state index contributed by atoms with van der Waals surface area (Å²) in [6.07, 6.45) is 2.71. The number of halogens is 1. The largest absolute Gasteiger partial charge is 0.308 e. The third-order valence-corrected chi connectivity index (χ3v) is 5.44. The number of nitrogens with one attached hydrogen (secondary N) is 1. The van der Waals surface area contributed by atoms with Crippen LogP contribution in [0.25, 0.3) is 0 Å². The summed E-state index contributed by atoms with van der Waals surface area (Å²) in [7, 11) is 0. The predicted molar refractivity (Wildman–Crippen MR) is 84.8 cm³/mol. The Kier molecular flexibility index (Phi) is 3.61. The monoisotopic (exact) mass is 290 g/mol. The first kappa shape index (κ1) is 15.0. The molecule has 0 spiro atoms. The molecule has 21 heavy (non-hydrogen) atoms. The van der Waals surface area contributed by atoms with E-state index >= 15 is 0 Å². The Balaban J connectivity index is 1.80. The van der Waals surface area contributed by atoms with Gasteiger partial charge in [0, 0.05) is 30.7 Å². The molecule has 116 valence electrons. The second-order valence-electron chi connectivity index (χ2n) is 7.78. The van der Waals surface area contributed by atoms with Gasteiger partial charge in [-0.25, -0.2) is 4.39 Å². The third kappa shape index (κ3) is 3.00. The topological polar surface area (TPSA) is 15.3 Å². The molecule has 1 aromatic carbocycles. The van der Waals surface area contributed by atoms with Gasteiger partial charge in [0.25, 0.3) is 0 Å². The van der Waals surface area contributed by atoms with Crippen molar-refractivity contribution in [2.45, 2.75) is 58.2 Å². The van der Waals surface area contributed by atoms with E-state index < -0.39 is 0 Å². The average Bonchev–Trinajstić information content (AvgIpc) is 3.22. The van der Waals surface area contributed by atoms with Crippen molar-refractivity contribution in [3.63, 3.8) is 0 Å². The maximum Gasteiger partial charge on any atom is 0.123 e. The second-order valence-corrected chi connectivity index (χ2v) is 7.78. The molecule has 0 bridgehead atoms. The van der Waals surface area contributed by atoms with Gasteiger partial charge in [-0.05, 0) is 69.7 Å². The Morgan fingerprint density at radius 3 is 2.62 bits per heavy atom. The van der Waals surface area contributed by atoms with Gasteiger partial charge in [0.2, 0.25) is 0 Å². The smallest absolute Gasteiger partial charge is 0.123 e. The molecule has 1 aromatic rings. The summed E-state index contributed by atoms with van der Waals surface area (Å²) in [5.74, 6) is 0.684. The van der Waals surface area contributed by atoms with Crippen molar-refractivity contribution < 1.29 is 4.39 Å². The standard InChI is InChI=1S/C18H27FN2/c1-13-9-16(19)8-5-14(13)10-21-12-18(4,15-6-7-15)20-11-17(21,2)3/h5,8-9,15,20H,6-7,10-12H2,1-4H3. The molecule has 1 unspecified atom stereocenters. The van der Waals surface area contributed by atoms with Crippen LogP contribution in [0.1, 0.15) is 44.7 Å². The van der Waals surface area contributed by atoms with Gasteiger partial charge < -0.3 is 5.32 Å². The number of aryl methyl sites for hydroxylation is 1. The SMILES string of the molecule is Cc1cc(F)ccc1CN1CC(C)(C2CC2)NCC1(C)C. The van der Waals surface area contributed by atoms with Crippen LogP contribution in [0, 0.1) is 18.7 Å². The van der Waals surface area contributed by atoms with Gasteiger partial charge >= 0.3 is 0 Å². The van der Waals surface area contributed by atoms with Crippen LogP contribution in [-0.4, -0.2) is 29.1 Å². The molecular weight excluding hydrogens is 263 g/mol. The van der Waals surface area contributed by atoms with E-state index in [2.05, 4.69) is 31.0 Å². The normalized spacial score (nSPS) is 29.6. The highest BCUT2D eigenvalue weighted by Gasteiger charge is 2.48. The Hall–Kier alpha value is -0.930. The Labute approximate surface area is 127 Å². The van der Waals surface area contributed by atoms with Crippen LogP contribution in [-0.2, 0) is 6.54 Å². The fourth-order valence-corrected chi connectivity index (χ4v) is 3.50. The van der Waals surface area contributed by atoms with Crippen molar-refractivity contribution >= 4 is 0 Å². The molecular formula is C18H27FN2.